The van der Waals surface area contributed by atoms with Crippen LogP contribution in [0, 0.1) is 5.82 Å². The first-order valence-electron chi connectivity index (χ1n) is 5.50. The van der Waals surface area contributed by atoms with Crippen molar-refractivity contribution in [1.29, 1.82) is 0 Å². The Labute approximate surface area is 121 Å². The van der Waals surface area contributed by atoms with Crippen LogP contribution in [0.2, 0.25) is 5.02 Å². The van der Waals surface area contributed by atoms with Crippen molar-refractivity contribution in [2.24, 2.45) is 5.73 Å². The standard InChI is InChI=1S/C12H14ClFN2O2S/c1-16(5-4-11(15)19)12(17)7-18-8-2-3-9(13)10(14)6-8/h2-3,6H,4-5,7H2,1H3,(H2,15,19). The highest BCUT2D eigenvalue weighted by atomic mass is 35.5. The van der Waals surface area contributed by atoms with Crippen molar-refractivity contribution in [2.45, 2.75) is 6.42 Å². The van der Waals surface area contributed by atoms with Gasteiger partial charge in [0.25, 0.3) is 5.91 Å². The average molecular weight is 305 g/mol. The van der Waals surface area contributed by atoms with Crippen molar-refractivity contribution in [1.82, 2.24) is 4.90 Å². The minimum atomic E-state index is -0.589. The zero-order valence-electron chi connectivity index (χ0n) is 10.4. The van der Waals surface area contributed by atoms with Crippen LogP contribution >= 0.6 is 23.8 Å². The molecule has 2 N–H and O–H groups in total. The summed E-state index contributed by atoms with van der Waals surface area (Å²) >= 11 is 10.3. The Balaban J connectivity index is 2.44. The van der Waals surface area contributed by atoms with E-state index in [9.17, 15) is 9.18 Å². The van der Waals surface area contributed by atoms with Gasteiger partial charge in [-0.2, -0.15) is 0 Å². The number of nitrogens with zero attached hydrogens (tertiary/aromatic N) is 1. The molecule has 0 aliphatic rings. The van der Waals surface area contributed by atoms with Crippen molar-refractivity contribution in [3.05, 3.63) is 29.0 Å². The molecule has 0 atom stereocenters. The van der Waals surface area contributed by atoms with Gasteiger partial charge in [0.2, 0.25) is 0 Å². The van der Waals surface area contributed by atoms with E-state index in [2.05, 4.69) is 0 Å². The molecular weight excluding hydrogens is 291 g/mol. The van der Waals surface area contributed by atoms with E-state index < -0.39 is 5.82 Å². The largest absolute Gasteiger partial charge is 0.484 e. The fourth-order valence-corrected chi connectivity index (χ4v) is 1.43. The summed E-state index contributed by atoms with van der Waals surface area (Å²) in [6, 6.07) is 3.99. The Hall–Kier alpha value is -1.40. The van der Waals surface area contributed by atoms with Gasteiger partial charge in [-0.05, 0) is 12.1 Å². The lowest BCUT2D eigenvalue weighted by Crippen LogP contribution is -2.33. The SMILES string of the molecule is CN(CCC(N)=S)C(=O)COc1ccc(Cl)c(F)c1. The summed E-state index contributed by atoms with van der Waals surface area (Å²) in [5.41, 5.74) is 5.34. The number of hydrogen-bond donors (Lipinski definition) is 1. The molecule has 0 fully saturated rings. The van der Waals surface area contributed by atoms with Gasteiger partial charge in [-0.3, -0.25) is 4.79 Å². The van der Waals surface area contributed by atoms with Crippen LogP contribution in [0.15, 0.2) is 18.2 Å². The van der Waals surface area contributed by atoms with E-state index in [0.717, 1.165) is 6.07 Å². The number of benzene rings is 1. The minimum Gasteiger partial charge on any atom is -0.484 e. The minimum absolute atomic E-state index is 0.00672. The highest BCUT2D eigenvalue weighted by Gasteiger charge is 2.10. The molecule has 1 aromatic rings. The van der Waals surface area contributed by atoms with E-state index >= 15 is 0 Å². The molecule has 0 aliphatic heterocycles. The van der Waals surface area contributed by atoms with Gasteiger partial charge in [-0.15, -0.1) is 0 Å². The van der Waals surface area contributed by atoms with E-state index in [0.29, 0.717) is 18.0 Å². The first-order valence-corrected chi connectivity index (χ1v) is 6.29. The second-order valence-electron chi connectivity index (χ2n) is 3.90. The number of halogens is 2. The third-order valence-electron chi connectivity index (χ3n) is 2.37. The van der Waals surface area contributed by atoms with E-state index in [-0.39, 0.29) is 23.3 Å². The molecular formula is C12H14ClFN2O2S. The van der Waals surface area contributed by atoms with Crippen LogP contribution < -0.4 is 10.5 Å². The first kappa shape index (κ1) is 15.7. The Kier molecular flexibility index (Phi) is 5.98. The number of likely N-dealkylation sites (N-methyl/N-ethyl adjacent to an activating group) is 1. The van der Waals surface area contributed by atoms with Crippen LogP contribution in [-0.4, -0.2) is 36.0 Å². The highest BCUT2D eigenvalue weighted by molar-refractivity contribution is 7.80. The molecule has 104 valence electrons. The molecule has 0 heterocycles. The molecule has 0 aliphatic carbocycles. The molecule has 0 aromatic heterocycles. The molecule has 0 saturated heterocycles. The van der Waals surface area contributed by atoms with Gasteiger partial charge in [0.1, 0.15) is 11.6 Å². The number of thiocarbonyl (C=S) groups is 1. The Morgan fingerprint density at radius 2 is 2.26 bits per heavy atom. The molecule has 0 bridgehead atoms. The highest BCUT2D eigenvalue weighted by Crippen LogP contribution is 2.20. The average Bonchev–Trinajstić information content (AvgIpc) is 2.36. The molecule has 0 radical (unpaired) electrons. The zero-order chi connectivity index (χ0) is 14.4. The number of rotatable bonds is 6. The maximum Gasteiger partial charge on any atom is 0.260 e. The van der Waals surface area contributed by atoms with Gasteiger partial charge in [0.15, 0.2) is 6.61 Å². The molecule has 0 saturated carbocycles. The summed E-state index contributed by atoms with van der Waals surface area (Å²) in [5, 5.41) is 0.00672. The summed E-state index contributed by atoms with van der Waals surface area (Å²) in [6.45, 7) is 0.238. The van der Waals surface area contributed by atoms with Crippen LogP contribution in [0.4, 0.5) is 4.39 Å². The normalized spacial score (nSPS) is 10.1. The molecule has 19 heavy (non-hydrogen) atoms. The van der Waals surface area contributed by atoms with Gasteiger partial charge in [0, 0.05) is 26.1 Å². The van der Waals surface area contributed by atoms with Crippen LogP contribution in [0.25, 0.3) is 0 Å². The number of carbonyl (C=O) groups is 1. The summed E-state index contributed by atoms with van der Waals surface area (Å²) < 4.78 is 18.3. The fourth-order valence-electron chi connectivity index (χ4n) is 1.22. The molecule has 4 nitrogen and oxygen atoms in total. The third kappa shape index (κ3) is 5.40. The van der Waals surface area contributed by atoms with Crippen LogP contribution in [0.5, 0.6) is 5.75 Å². The second-order valence-corrected chi connectivity index (χ2v) is 4.83. The van der Waals surface area contributed by atoms with Crippen LogP contribution in [0.1, 0.15) is 6.42 Å². The summed E-state index contributed by atoms with van der Waals surface area (Å²) in [4.78, 5) is 13.5. The van der Waals surface area contributed by atoms with E-state index in [1.807, 2.05) is 0 Å². The number of ether oxygens (including phenoxy) is 1. The summed E-state index contributed by atoms with van der Waals surface area (Å²) in [7, 11) is 1.62. The molecule has 0 spiro atoms. The van der Waals surface area contributed by atoms with Crippen molar-refractivity contribution in [2.75, 3.05) is 20.2 Å². The van der Waals surface area contributed by atoms with Crippen LogP contribution in [0.3, 0.4) is 0 Å². The number of carbonyl (C=O) groups excluding carboxylic acids is 1. The molecule has 7 heteroatoms. The monoisotopic (exact) mass is 304 g/mol. The molecule has 1 amide bonds. The van der Waals surface area contributed by atoms with Crippen molar-refractivity contribution in [3.8, 4) is 5.75 Å². The topological polar surface area (TPSA) is 55.6 Å². The van der Waals surface area contributed by atoms with Gasteiger partial charge >= 0.3 is 0 Å². The zero-order valence-corrected chi connectivity index (χ0v) is 11.9. The third-order valence-corrected chi connectivity index (χ3v) is 2.88. The van der Waals surface area contributed by atoms with Crippen molar-refractivity contribution in [3.63, 3.8) is 0 Å². The first-order chi connectivity index (χ1) is 8.90. The summed E-state index contributed by atoms with van der Waals surface area (Å²) in [6.07, 6.45) is 0.452. The number of amides is 1. The lowest BCUT2D eigenvalue weighted by molar-refractivity contribution is -0.131. The predicted molar refractivity (Wildman–Crippen MR) is 75.9 cm³/mol. The number of nitrogens with two attached hydrogens (primary N) is 1. The molecule has 0 unspecified atom stereocenters. The summed E-state index contributed by atoms with van der Waals surface area (Å²) in [5.74, 6) is -0.585. The van der Waals surface area contributed by atoms with E-state index in [1.165, 1.54) is 17.0 Å². The lowest BCUT2D eigenvalue weighted by Gasteiger charge is -2.17. The van der Waals surface area contributed by atoms with Gasteiger partial charge in [-0.1, -0.05) is 23.8 Å². The van der Waals surface area contributed by atoms with Crippen molar-refractivity contribution < 1.29 is 13.9 Å². The lowest BCUT2D eigenvalue weighted by atomic mass is 10.3. The Morgan fingerprint density at radius 1 is 1.58 bits per heavy atom. The maximum absolute atomic E-state index is 13.1. The fraction of sp³-hybridized carbons (Fsp3) is 0.333. The Bertz CT molecular complexity index is 485. The van der Waals surface area contributed by atoms with Gasteiger partial charge in [-0.25, -0.2) is 4.39 Å². The Morgan fingerprint density at radius 3 is 2.84 bits per heavy atom. The predicted octanol–water partition coefficient (Wildman–Crippen LogP) is 1.99. The van der Waals surface area contributed by atoms with E-state index in [1.54, 1.807) is 7.05 Å². The molecule has 1 rings (SSSR count). The van der Waals surface area contributed by atoms with Gasteiger partial charge in [0.05, 0.1) is 10.0 Å². The van der Waals surface area contributed by atoms with Gasteiger partial charge < -0.3 is 15.4 Å². The second kappa shape index (κ2) is 7.25. The molecule has 1 aromatic carbocycles. The maximum atomic E-state index is 13.1. The van der Waals surface area contributed by atoms with Crippen molar-refractivity contribution >= 4 is 34.7 Å². The van der Waals surface area contributed by atoms with E-state index in [4.69, 9.17) is 34.3 Å². The quantitative estimate of drug-likeness (QED) is 0.817. The van der Waals surface area contributed by atoms with Crippen LogP contribution in [-0.2, 0) is 4.79 Å². The number of hydrogen-bond acceptors (Lipinski definition) is 3. The smallest absolute Gasteiger partial charge is 0.260 e.